The number of nitrogens with zero attached hydrogens (tertiary/aromatic N) is 3. The van der Waals surface area contributed by atoms with Crippen molar-refractivity contribution in [1.82, 2.24) is 14.7 Å². The Morgan fingerprint density at radius 2 is 1.95 bits per heavy atom. The molecule has 0 radical (unpaired) electrons. The van der Waals surface area contributed by atoms with Gasteiger partial charge in [-0.2, -0.15) is 5.10 Å². The van der Waals surface area contributed by atoms with Gasteiger partial charge < -0.3 is 4.90 Å². The number of halogens is 3. The Morgan fingerprint density at radius 1 is 1.32 bits per heavy atom. The van der Waals surface area contributed by atoms with Crippen molar-refractivity contribution in [1.29, 1.82) is 0 Å². The molecule has 7 heteroatoms. The fourth-order valence-corrected chi connectivity index (χ4v) is 3.75. The quantitative estimate of drug-likeness (QED) is 0.804. The van der Waals surface area contributed by atoms with Crippen LogP contribution in [-0.2, 0) is 11.3 Å². The fourth-order valence-electron chi connectivity index (χ4n) is 2.97. The first-order valence-corrected chi connectivity index (χ1v) is 8.58. The minimum Gasteiger partial charge on any atom is -0.341 e. The van der Waals surface area contributed by atoms with Crippen LogP contribution >= 0.6 is 15.9 Å². The lowest BCUT2D eigenvalue weighted by atomic mass is 9.99. The first kappa shape index (κ1) is 15.9. The number of likely N-dealkylation sites (tertiary alicyclic amines) is 1. The van der Waals surface area contributed by atoms with Crippen molar-refractivity contribution in [3.63, 3.8) is 0 Å². The molecule has 22 heavy (non-hydrogen) atoms. The second-order valence-corrected chi connectivity index (χ2v) is 7.17. The molecule has 1 amide bonds. The smallest absolute Gasteiger partial charge is 0.283 e. The van der Waals surface area contributed by atoms with Crippen molar-refractivity contribution in [2.24, 2.45) is 5.92 Å². The highest BCUT2D eigenvalue weighted by molar-refractivity contribution is 9.10. The van der Waals surface area contributed by atoms with Crippen LogP contribution in [0.4, 0.5) is 8.78 Å². The first-order valence-electron chi connectivity index (χ1n) is 7.79. The molecule has 122 valence electrons. The van der Waals surface area contributed by atoms with E-state index in [1.165, 1.54) is 4.68 Å². The molecule has 4 nitrogen and oxygen atoms in total. The molecule has 1 aromatic heterocycles. The lowest BCUT2D eigenvalue weighted by molar-refractivity contribution is -0.133. The third-order valence-electron chi connectivity index (χ3n) is 4.55. The van der Waals surface area contributed by atoms with Crippen LogP contribution in [0.15, 0.2) is 4.47 Å². The Kier molecular flexibility index (Phi) is 4.52. The number of hydrogen-bond acceptors (Lipinski definition) is 2. The van der Waals surface area contributed by atoms with Crippen molar-refractivity contribution < 1.29 is 13.6 Å². The maximum absolute atomic E-state index is 13.0. The lowest BCUT2D eigenvalue weighted by Gasteiger charge is -2.30. The van der Waals surface area contributed by atoms with E-state index in [-0.39, 0.29) is 24.1 Å². The molecule has 2 heterocycles. The summed E-state index contributed by atoms with van der Waals surface area (Å²) < 4.78 is 27.9. The Hall–Kier alpha value is -0.980. The van der Waals surface area contributed by atoms with Crippen LogP contribution in [0.2, 0.25) is 0 Å². The SMILES string of the molecule is CC1CCN(C(=O)Cn2nc(C(F)F)c(Br)c2C2CC2)CC1. The predicted molar refractivity (Wildman–Crippen MR) is 81.8 cm³/mol. The van der Waals surface area contributed by atoms with E-state index >= 15 is 0 Å². The van der Waals surface area contributed by atoms with Crippen LogP contribution in [0, 0.1) is 5.92 Å². The fraction of sp³-hybridized carbons (Fsp3) is 0.733. The van der Waals surface area contributed by atoms with E-state index in [1.54, 1.807) is 0 Å². The molecule has 1 aliphatic carbocycles. The molecule has 2 aliphatic rings. The Balaban J connectivity index is 1.76. The summed E-state index contributed by atoms with van der Waals surface area (Å²) in [6, 6.07) is 0. The molecule has 1 saturated heterocycles. The zero-order chi connectivity index (χ0) is 15.9. The van der Waals surface area contributed by atoms with Crippen molar-refractivity contribution >= 4 is 21.8 Å². The Morgan fingerprint density at radius 3 is 2.50 bits per heavy atom. The minimum absolute atomic E-state index is 0.0235. The third-order valence-corrected chi connectivity index (χ3v) is 5.36. The standard InChI is InChI=1S/C15H20BrF2N3O/c1-9-4-6-20(7-5-9)11(22)8-21-14(10-2-3-10)12(16)13(19-21)15(17)18/h9-10,15H,2-8H2,1H3. The van der Waals surface area contributed by atoms with E-state index < -0.39 is 6.43 Å². The van der Waals surface area contributed by atoms with Crippen LogP contribution in [0.3, 0.4) is 0 Å². The van der Waals surface area contributed by atoms with Crippen LogP contribution in [-0.4, -0.2) is 33.7 Å². The molecule has 0 bridgehead atoms. The molecular weight excluding hydrogens is 356 g/mol. The van der Waals surface area contributed by atoms with Gasteiger partial charge in [-0.1, -0.05) is 6.92 Å². The average molecular weight is 376 g/mol. The number of carbonyl (C=O) groups excluding carboxylic acids is 1. The van der Waals surface area contributed by atoms with Crippen LogP contribution in [0.1, 0.15) is 56.3 Å². The van der Waals surface area contributed by atoms with Gasteiger partial charge in [0.15, 0.2) is 0 Å². The molecule has 0 unspecified atom stereocenters. The second-order valence-electron chi connectivity index (χ2n) is 6.38. The van der Waals surface area contributed by atoms with Gasteiger partial charge in [0.2, 0.25) is 5.91 Å². The molecule has 2 fully saturated rings. The molecule has 1 aliphatic heterocycles. The minimum atomic E-state index is -2.63. The molecule has 3 rings (SSSR count). The number of rotatable bonds is 4. The highest BCUT2D eigenvalue weighted by atomic mass is 79.9. The third kappa shape index (κ3) is 3.19. The summed E-state index contributed by atoms with van der Waals surface area (Å²) in [5, 5.41) is 3.99. The summed E-state index contributed by atoms with van der Waals surface area (Å²) in [6.45, 7) is 3.75. The summed E-state index contributed by atoms with van der Waals surface area (Å²) in [5.41, 5.74) is 0.510. The number of amides is 1. The van der Waals surface area contributed by atoms with Crippen molar-refractivity contribution in [3.8, 4) is 0 Å². The van der Waals surface area contributed by atoms with Crippen LogP contribution in [0.5, 0.6) is 0 Å². The number of alkyl halides is 2. The summed E-state index contributed by atoms with van der Waals surface area (Å²) >= 11 is 3.25. The molecule has 0 aromatic carbocycles. The maximum Gasteiger partial charge on any atom is 0.283 e. The number of hydrogen-bond donors (Lipinski definition) is 0. The van der Waals surface area contributed by atoms with Gasteiger partial charge in [0, 0.05) is 19.0 Å². The number of carbonyl (C=O) groups is 1. The average Bonchev–Trinajstić information content (AvgIpc) is 3.24. The molecule has 0 atom stereocenters. The second kappa shape index (κ2) is 6.26. The van der Waals surface area contributed by atoms with Crippen LogP contribution < -0.4 is 0 Å². The zero-order valence-corrected chi connectivity index (χ0v) is 14.2. The molecule has 0 spiro atoms. The van der Waals surface area contributed by atoms with Gasteiger partial charge in [0.1, 0.15) is 12.2 Å². The molecular formula is C15H20BrF2N3O. The zero-order valence-electron chi connectivity index (χ0n) is 12.6. The maximum atomic E-state index is 13.0. The van der Waals surface area contributed by atoms with Gasteiger partial charge in [0.25, 0.3) is 6.43 Å². The van der Waals surface area contributed by atoms with E-state index in [0.29, 0.717) is 10.4 Å². The highest BCUT2D eigenvalue weighted by Crippen LogP contribution is 2.45. The monoisotopic (exact) mass is 375 g/mol. The van der Waals surface area contributed by atoms with E-state index in [0.717, 1.165) is 44.5 Å². The van der Waals surface area contributed by atoms with Crippen molar-refractivity contribution in [3.05, 3.63) is 15.9 Å². The summed E-state index contributed by atoms with van der Waals surface area (Å²) in [6.07, 6.45) is 1.34. The summed E-state index contributed by atoms with van der Waals surface area (Å²) in [5.74, 6) is 0.878. The number of piperidine rings is 1. The van der Waals surface area contributed by atoms with Gasteiger partial charge >= 0.3 is 0 Å². The Labute approximate surface area is 137 Å². The molecule has 1 saturated carbocycles. The first-order chi connectivity index (χ1) is 10.5. The van der Waals surface area contributed by atoms with Gasteiger partial charge in [0.05, 0.1) is 10.2 Å². The van der Waals surface area contributed by atoms with E-state index in [4.69, 9.17) is 0 Å². The van der Waals surface area contributed by atoms with E-state index in [2.05, 4.69) is 28.0 Å². The largest absolute Gasteiger partial charge is 0.341 e. The van der Waals surface area contributed by atoms with Gasteiger partial charge in [-0.3, -0.25) is 9.48 Å². The van der Waals surface area contributed by atoms with Gasteiger partial charge in [-0.25, -0.2) is 8.78 Å². The summed E-state index contributed by atoms with van der Waals surface area (Å²) in [4.78, 5) is 14.2. The predicted octanol–water partition coefficient (Wildman–Crippen LogP) is 3.72. The highest BCUT2D eigenvalue weighted by Gasteiger charge is 2.34. The molecule has 1 aromatic rings. The van der Waals surface area contributed by atoms with Crippen molar-refractivity contribution in [2.75, 3.05) is 13.1 Å². The van der Waals surface area contributed by atoms with Crippen LogP contribution in [0.25, 0.3) is 0 Å². The normalized spacial score (nSPS) is 20.0. The lowest BCUT2D eigenvalue weighted by Crippen LogP contribution is -2.40. The summed E-state index contributed by atoms with van der Waals surface area (Å²) in [7, 11) is 0. The van der Waals surface area contributed by atoms with Crippen molar-refractivity contribution in [2.45, 2.75) is 51.5 Å². The van der Waals surface area contributed by atoms with Gasteiger partial charge in [-0.15, -0.1) is 0 Å². The van der Waals surface area contributed by atoms with E-state index in [9.17, 15) is 13.6 Å². The Bertz CT molecular complexity index is 563. The van der Waals surface area contributed by atoms with Gasteiger partial charge in [-0.05, 0) is 47.5 Å². The number of aromatic nitrogens is 2. The molecule has 0 N–H and O–H groups in total. The topological polar surface area (TPSA) is 38.1 Å². The van der Waals surface area contributed by atoms with E-state index in [1.807, 2.05) is 4.90 Å².